The largest absolute Gasteiger partial charge is 0.416 e. The van der Waals surface area contributed by atoms with Crippen molar-refractivity contribution in [3.8, 4) is 6.07 Å². The molecule has 1 atom stereocenters. The summed E-state index contributed by atoms with van der Waals surface area (Å²) in [6.07, 6.45) is -3.52. The molecule has 0 bridgehead atoms. The number of halogens is 3. The number of Topliss-reactive ketones (excluding diaryl/α,β-unsaturated/α-hetero) is 1. The SMILES string of the molecule is N#Cc1ccc(C2C3=C(CCCC3=O)N(c3cccc(C(F)(F)F)c3)C(=O)N2CCO)cc1. The van der Waals surface area contributed by atoms with Crippen molar-refractivity contribution in [3.63, 3.8) is 0 Å². The van der Waals surface area contributed by atoms with Crippen LogP contribution in [0.25, 0.3) is 0 Å². The first-order valence-corrected chi connectivity index (χ1v) is 10.4. The number of rotatable bonds is 4. The molecule has 9 heteroatoms. The van der Waals surface area contributed by atoms with Crippen molar-refractivity contribution in [1.82, 2.24) is 4.90 Å². The number of alkyl halides is 3. The Balaban J connectivity index is 1.91. The van der Waals surface area contributed by atoms with Crippen LogP contribution in [0.1, 0.15) is 42.0 Å². The molecule has 2 aromatic rings. The van der Waals surface area contributed by atoms with E-state index in [0.717, 1.165) is 17.0 Å². The normalized spacial score (nSPS) is 18.9. The topological polar surface area (TPSA) is 84.6 Å². The summed E-state index contributed by atoms with van der Waals surface area (Å²) >= 11 is 0. The molecule has 1 unspecified atom stereocenters. The minimum atomic E-state index is -4.59. The smallest absolute Gasteiger partial charge is 0.395 e. The number of amides is 2. The Bertz CT molecular complexity index is 1170. The molecule has 0 aromatic heterocycles. The zero-order valence-electron chi connectivity index (χ0n) is 17.5. The van der Waals surface area contributed by atoms with E-state index in [1.165, 1.54) is 17.0 Å². The lowest BCUT2D eigenvalue weighted by molar-refractivity contribution is -0.137. The minimum absolute atomic E-state index is 0.0123. The molecule has 4 rings (SSSR count). The van der Waals surface area contributed by atoms with Crippen LogP contribution in [-0.4, -0.2) is 35.0 Å². The molecule has 0 saturated carbocycles. The van der Waals surface area contributed by atoms with Gasteiger partial charge in [-0.3, -0.25) is 9.69 Å². The summed E-state index contributed by atoms with van der Waals surface area (Å²) in [5.41, 5.74) is 0.806. The average Bonchev–Trinajstić information content (AvgIpc) is 2.80. The van der Waals surface area contributed by atoms with Gasteiger partial charge in [0.15, 0.2) is 5.78 Å². The van der Waals surface area contributed by atoms with Gasteiger partial charge in [-0.15, -0.1) is 0 Å². The van der Waals surface area contributed by atoms with E-state index in [1.54, 1.807) is 24.3 Å². The number of nitriles is 1. The van der Waals surface area contributed by atoms with Crippen molar-refractivity contribution in [2.45, 2.75) is 31.5 Å². The van der Waals surface area contributed by atoms with E-state index in [0.29, 0.717) is 35.2 Å². The zero-order chi connectivity index (χ0) is 23.8. The number of nitrogens with zero attached hydrogens (tertiary/aromatic N) is 3. The number of benzene rings is 2. The number of hydrogen-bond donors (Lipinski definition) is 1. The summed E-state index contributed by atoms with van der Waals surface area (Å²) in [5.74, 6) is -0.196. The quantitative estimate of drug-likeness (QED) is 0.733. The Kier molecular flexibility index (Phi) is 5.95. The fourth-order valence-corrected chi connectivity index (χ4v) is 4.41. The summed E-state index contributed by atoms with van der Waals surface area (Å²) in [5, 5.41) is 18.7. The second-order valence-electron chi connectivity index (χ2n) is 7.86. The highest BCUT2D eigenvalue weighted by Crippen LogP contribution is 2.44. The van der Waals surface area contributed by atoms with Crippen molar-refractivity contribution in [2.24, 2.45) is 0 Å². The first-order chi connectivity index (χ1) is 15.8. The second kappa shape index (κ2) is 8.71. The summed E-state index contributed by atoms with van der Waals surface area (Å²) in [6, 6.07) is 11.5. The predicted molar refractivity (Wildman–Crippen MR) is 113 cm³/mol. The maximum atomic E-state index is 13.6. The van der Waals surface area contributed by atoms with Gasteiger partial charge in [-0.05, 0) is 48.7 Å². The van der Waals surface area contributed by atoms with E-state index in [9.17, 15) is 27.9 Å². The third-order valence-corrected chi connectivity index (χ3v) is 5.85. The summed E-state index contributed by atoms with van der Waals surface area (Å²) in [7, 11) is 0. The number of aliphatic hydroxyl groups is 1. The molecule has 2 aromatic carbocycles. The Morgan fingerprint density at radius 2 is 1.82 bits per heavy atom. The van der Waals surface area contributed by atoms with Gasteiger partial charge in [0, 0.05) is 24.2 Å². The van der Waals surface area contributed by atoms with Crippen LogP contribution in [0.2, 0.25) is 0 Å². The van der Waals surface area contributed by atoms with E-state index in [2.05, 4.69) is 0 Å². The molecule has 170 valence electrons. The Hall–Kier alpha value is -3.64. The van der Waals surface area contributed by atoms with Crippen LogP contribution in [0, 0.1) is 11.3 Å². The highest BCUT2D eigenvalue weighted by Gasteiger charge is 2.44. The standard InChI is InChI=1S/C24H20F3N3O3/c25-24(26,27)17-3-1-4-18(13-17)30-19-5-2-6-20(32)21(19)22(29(11-12-31)23(30)33)16-9-7-15(14-28)8-10-16/h1,3-4,7-10,13,22,31H,2,5-6,11-12H2. The molecule has 1 aliphatic heterocycles. The summed E-state index contributed by atoms with van der Waals surface area (Å²) in [4.78, 5) is 29.1. The van der Waals surface area contributed by atoms with Crippen molar-refractivity contribution >= 4 is 17.5 Å². The maximum Gasteiger partial charge on any atom is 0.416 e. The van der Waals surface area contributed by atoms with Crippen molar-refractivity contribution in [2.75, 3.05) is 18.1 Å². The number of ketones is 1. The predicted octanol–water partition coefficient (Wildman–Crippen LogP) is 4.56. The van der Waals surface area contributed by atoms with Crippen molar-refractivity contribution < 1.29 is 27.9 Å². The number of hydrogen-bond acceptors (Lipinski definition) is 4. The van der Waals surface area contributed by atoms with E-state index < -0.39 is 30.4 Å². The zero-order valence-corrected chi connectivity index (χ0v) is 17.5. The lowest BCUT2D eigenvalue weighted by atomic mass is 9.83. The van der Waals surface area contributed by atoms with Crippen LogP contribution >= 0.6 is 0 Å². The van der Waals surface area contributed by atoms with Gasteiger partial charge in [0.25, 0.3) is 0 Å². The summed E-state index contributed by atoms with van der Waals surface area (Å²) < 4.78 is 40.0. The minimum Gasteiger partial charge on any atom is -0.395 e. The van der Waals surface area contributed by atoms with Gasteiger partial charge >= 0.3 is 12.2 Å². The molecular weight excluding hydrogens is 435 g/mol. The van der Waals surface area contributed by atoms with Crippen LogP contribution in [0.5, 0.6) is 0 Å². The van der Waals surface area contributed by atoms with Gasteiger partial charge in [-0.25, -0.2) is 4.79 Å². The molecule has 0 fully saturated rings. The number of allylic oxidation sites excluding steroid dienone is 1. The van der Waals surface area contributed by atoms with E-state index in [1.807, 2.05) is 6.07 Å². The van der Waals surface area contributed by atoms with Gasteiger partial charge in [0.2, 0.25) is 0 Å². The molecule has 1 heterocycles. The Morgan fingerprint density at radius 1 is 1.09 bits per heavy atom. The fraction of sp³-hybridized carbons (Fsp3) is 0.292. The van der Waals surface area contributed by atoms with Crippen molar-refractivity contribution in [3.05, 3.63) is 76.5 Å². The lowest BCUT2D eigenvalue weighted by Gasteiger charge is -2.45. The Labute approximate surface area is 188 Å². The number of anilines is 1. The van der Waals surface area contributed by atoms with Gasteiger partial charge in [0.05, 0.1) is 35.5 Å². The highest BCUT2D eigenvalue weighted by atomic mass is 19.4. The average molecular weight is 455 g/mol. The highest BCUT2D eigenvalue weighted by molar-refractivity contribution is 6.06. The third kappa shape index (κ3) is 4.10. The van der Waals surface area contributed by atoms with Gasteiger partial charge < -0.3 is 10.0 Å². The van der Waals surface area contributed by atoms with E-state index >= 15 is 0 Å². The Morgan fingerprint density at radius 3 is 2.45 bits per heavy atom. The first kappa shape index (κ1) is 22.6. The fourth-order valence-electron chi connectivity index (χ4n) is 4.41. The van der Waals surface area contributed by atoms with Crippen LogP contribution in [0.3, 0.4) is 0 Å². The van der Waals surface area contributed by atoms with E-state index in [4.69, 9.17) is 5.26 Å². The van der Waals surface area contributed by atoms with Gasteiger partial charge in [-0.2, -0.15) is 18.4 Å². The maximum absolute atomic E-state index is 13.6. The molecule has 0 radical (unpaired) electrons. The number of aliphatic hydroxyl groups excluding tert-OH is 1. The summed E-state index contributed by atoms with van der Waals surface area (Å²) in [6.45, 7) is -0.519. The molecule has 33 heavy (non-hydrogen) atoms. The number of carbonyl (C=O) groups is 2. The van der Waals surface area contributed by atoms with Gasteiger partial charge in [-0.1, -0.05) is 18.2 Å². The molecular formula is C24H20F3N3O3. The second-order valence-corrected chi connectivity index (χ2v) is 7.86. The molecule has 1 aliphatic carbocycles. The van der Waals surface area contributed by atoms with Crippen LogP contribution in [0.15, 0.2) is 59.8 Å². The number of β-amino-alcohol motifs (C(OH)–C–C–N with tert-alkyl or cyclic N) is 1. The first-order valence-electron chi connectivity index (χ1n) is 10.4. The molecule has 0 spiro atoms. The molecule has 2 aliphatic rings. The van der Waals surface area contributed by atoms with Crippen LogP contribution in [-0.2, 0) is 11.0 Å². The molecule has 6 nitrogen and oxygen atoms in total. The van der Waals surface area contributed by atoms with E-state index in [-0.39, 0.29) is 24.4 Å². The van der Waals surface area contributed by atoms with Crippen molar-refractivity contribution in [1.29, 1.82) is 5.26 Å². The van der Waals surface area contributed by atoms with Gasteiger partial charge in [0.1, 0.15) is 0 Å². The third-order valence-electron chi connectivity index (χ3n) is 5.85. The number of urea groups is 1. The van der Waals surface area contributed by atoms with Crippen LogP contribution in [0.4, 0.5) is 23.7 Å². The monoisotopic (exact) mass is 455 g/mol. The number of carbonyl (C=O) groups excluding carboxylic acids is 2. The van der Waals surface area contributed by atoms with Crippen LogP contribution < -0.4 is 4.90 Å². The molecule has 2 amide bonds. The molecule has 1 N–H and O–H groups in total. The molecule has 0 saturated heterocycles. The lowest BCUT2D eigenvalue weighted by Crippen LogP contribution is -2.52.